The lowest BCUT2D eigenvalue weighted by Crippen LogP contribution is -2.06. The Kier molecular flexibility index (Phi) is 4.02. The van der Waals surface area contributed by atoms with E-state index in [0.717, 1.165) is 24.5 Å². The third kappa shape index (κ3) is 2.91. The van der Waals surface area contributed by atoms with Crippen LogP contribution in [0.5, 0.6) is 0 Å². The molecule has 0 spiro atoms. The average molecular weight is 247 g/mol. The molecule has 2 aromatic heterocycles. The molecule has 1 N–H and O–H groups in total. The minimum absolute atomic E-state index is 0.444. The molecule has 0 aliphatic heterocycles. The standard InChI is InChI=1S/C13H21N5/c1-4-11(3)18-9-7-13(16-18)14-10-12-6-8-17(5-2)15-12/h6-9,11H,4-5,10H2,1-3H3,(H,14,16). The Balaban J connectivity index is 1.91. The zero-order chi connectivity index (χ0) is 13.0. The Morgan fingerprint density at radius 2 is 2.06 bits per heavy atom. The summed E-state index contributed by atoms with van der Waals surface area (Å²) in [5.74, 6) is 0.904. The van der Waals surface area contributed by atoms with E-state index in [2.05, 4.69) is 36.3 Å². The van der Waals surface area contributed by atoms with Gasteiger partial charge in [-0.05, 0) is 26.3 Å². The molecule has 5 heteroatoms. The lowest BCUT2D eigenvalue weighted by Gasteiger charge is -2.08. The van der Waals surface area contributed by atoms with Crippen LogP contribution in [0.4, 0.5) is 5.82 Å². The van der Waals surface area contributed by atoms with Gasteiger partial charge in [-0.25, -0.2) is 0 Å². The van der Waals surface area contributed by atoms with Crippen molar-refractivity contribution >= 4 is 5.82 Å². The van der Waals surface area contributed by atoms with Crippen LogP contribution in [0.25, 0.3) is 0 Å². The number of nitrogens with one attached hydrogen (secondary N) is 1. The van der Waals surface area contributed by atoms with E-state index in [1.807, 2.05) is 33.9 Å². The first kappa shape index (κ1) is 12.7. The number of aromatic nitrogens is 4. The Morgan fingerprint density at radius 1 is 1.22 bits per heavy atom. The Bertz CT molecular complexity index is 485. The van der Waals surface area contributed by atoms with E-state index in [4.69, 9.17) is 0 Å². The van der Waals surface area contributed by atoms with Gasteiger partial charge in [0.05, 0.1) is 12.2 Å². The van der Waals surface area contributed by atoms with Crippen molar-refractivity contribution in [3.05, 3.63) is 30.2 Å². The van der Waals surface area contributed by atoms with Crippen molar-refractivity contribution in [3.63, 3.8) is 0 Å². The summed E-state index contributed by atoms with van der Waals surface area (Å²) in [5.41, 5.74) is 1.04. The fraction of sp³-hybridized carbons (Fsp3) is 0.538. The number of nitrogens with zero attached hydrogens (tertiary/aromatic N) is 4. The van der Waals surface area contributed by atoms with Gasteiger partial charge < -0.3 is 5.32 Å². The monoisotopic (exact) mass is 247 g/mol. The summed E-state index contributed by atoms with van der Waals surface area (Å²) in [4.78, 5) is 0. The smallest absolute Gasteiger partial charge is 0.148 e. The minimum Gasteiger partial charge on any atom is -0.363 e. The van der Waals surface area contributed by atoms with E-state index in [-0.39, 0.29) is 0 Å². The molecule has 0 radical (unpaired) electrons. The van der Waals surface area contributed by atoms with Gasteiger partial charge >= 0.3 is 0 Å². The van der Waals surface area contributed by atoms with Crippen molar-refractivity contribution < 1.29 is 0 Å². The van der Waals surface area contributed by atoms with E-state index in [9.17, 15) is 0 Å². The zero-order valence-corrected chi connectivity index (χ0v) is 11.3. The van der Waals surface area contributed by atoms with Crippen LogP contribution in [-0.4, -0.2) is 19.6 Å². The Labute approximate surface area is 108 Å². The molecular weight excluding hydrogens is 226 g/mol. The van der Waals surface area contributed by atoms with Gasteiger partial charge in [-0.1, -0.05) is 6.92 Å². The van der Waals surface area contributed by atoms with E-state index in [1.54, 1.807) is 0 Å². The topological polar surface area (TPSA) is 47.7 Å². The van der Waals surface area contributed by atoms with E-state index < -0.39 is 0 Å². The summed E-state index contributed by atoms with van der Waals surface area (Å²) in [6.45, 7) is 8.03. The Hall–Kier alpha value is -1.78. The molecule has 0 aromatic carbocycles. The maximum absolute atomic E-state index is 4.49. The van der Waals surface area contributed by atoms with Crippen LogP contribution in [0.1, 0.15) is 38.9 Å². The molecule has 18 heavy (non-hydrogen) atoms. The summed E-state index contributed by atoms with van der Waals surface area (Å²) in [6.07, 6.45) is 5.10. The molecule has 0 amide bonds. The second-order valence-corrected chi connectivity index (χ2v) is 4.45. The summed E-state index contributed by atoms with van der Waals surface area (Å²) >= 11 is 0. The summed E-state index contributed by atoms with van der Waals surface area (Å²) in [6, 6.07) is 4.48. The van der Waals surface area contributed by atoms with Crippen LogP contribution in [0.3, 0.4) is 0 Å². The summed E-state index contributed by atoms with van der Waals surface area (Å²) in [5, 5.41) is 12.2. The van der Waals surface area contributed by atoms with Crippen molar-refractivity contribution in [3.8, 4) is 0 Å². The fourth-order valence-corrected chi connectivity index (χ4v) is 1.72. The van der Waals surface area contributed by atoms with Crippen molar-refractivity contribution in [1.82, 2.24) is 19.6 Å². The van der Waals surface area contributed by atoms with Gasteiger partial charge in [-0.2, -0.15) is 10.2 Å². The second-order valence-electron chi connectivity index (χ2n) is 4.45. The minimum atomic E-state index is 0.444. The molecule has 1 atom stereocenters. The van der Waals surface area contributed by atoms with Crippen LogP contribution >= 0.6 is 0 Å². The first-order chi connectivity index (χ1) is 8.72. The molecule has 0 saturated heterocycles. The van der Waals surface area contributed by atoms with Crippen LogP contribution in [-0.2, 0) is 13.1 Å². The third-order valence-electron chi connectivity index (χ3n) is 3.12. The van der Waals surface area contributed by atoms with Crippen LogP contribution in [0.15, 0.2) is 24.5 Å². The van der Waals surface area contributed by atoms with Gasteiger partial charge in [0.15, 0.2) is 0 Å². The predicted octanol–water partition coefficient (Wildman–Crippen LogP) is 2.68. The normalized spacial score (nSPS) is 12.6. The lowest BCUT2D eigenvalue weighted by atomic mass is 10.3. The van der Waals surface area contributed by atoms with E-state index in [0.29, 0.717) is 12.6 Å². The molecule has 1 unspecified atom stereocenters. The highest BCUT2D eigenvalue weighted by atomic mass is 15.3. The molecule has 0 aliphatic carbocycles. The van der Waals surface area contributed by atoms with Crippen molar-refractivity contribution in [2.45, 2.75) is 46.3 Å². The van der Waals surface area contributed by atoms with Crippen LogP contribution in [0, 0.1) is 0 Å². The number of hydrogen-bond donors (Lipinski definition) is 1. The van der Waals surface area contributed by atoms with Gasteiger partial charge in [-0.3, -0.25) is 9.36 Å². The average Bonchev–Trinajstić information content (AvgIpc) is 3.04. The molecule has 0 saturated carbocycles. The molecule has 98 valence electrons. The molecule has 0 bridgehead atoms. The highest BCUT2D eigenvalue weighted by Gasteiger charge is 2.04. The summed E-state index contributed by atoms with van der Waals surface area (Å²) < 4.78 is 3.92. The first-order valence-corrected chi connectivity index (χ1v) is 6.54. The van der Waals surface area contributed by atoms with E-state index >= 15 is 0 Å². The van der Waals surface area contributed by atoms with Crippen molar-refractivity contribution in [2.75, 3.05) is 5.32 Å². The van der Waals surface area contributed by atoms with Crippen LogP contribution < -0.4 is 5.32 Å². The predicted molar refractivity (Wildman–Crippen MR) is 72.5 cm³/mol. The maximum atomic E-state index is 4.49. The summed E-state index contributed by atoms with van der Waals surface area (Å²) in [7, 11) is 0. The number of hydrogen-bond acceptors (Lipinski definition) is 3. The lowest BCUT2D eigenvalue weighted by molar-refractivity contribution is 0.479. The first-order valence-electron chi connectivity index (χ1n) is 6.54. The van der Waals surface area contributed by atoms with Gasteiger partial charge in [0.2, 0.25) is 0 Å². The molecule has 0 aliphatic rings. The third-order valence-corrected chi connectivity index (χ3v) is 3.12. The molecule has 2 rings (SSSR count). The highest BCUT2D eigenvalue weighted by molar-refractivity contribution is 5.32. The number of rotatable bonds is 6. The van der Waals surface area contributed by atoms with Crippen LogP contribution in [0.2, 0.25) is 0 Å². The zero-order valence-electron chi connectivity index (χ0n) is 11.3. The van der Waals surface area contributed by atoms with Crippen molar-refractivity contribution in [1.29, 1.82) is 0 Å². The molecule has 2 aromatic rings. The molecular formula is C13H21N5. The van der Waals surface area contributed by atoms with Gasteiger partial charge in [0.25, 0.3) is 0 Å². The fourth-order valence-electron chi connectivity index (χ4n) is 1.72. The van der Waals surface area contributed by atoms with E-state index in [1.165, 1.54) is 0 Å². The number of aryl methyl sites for hydroxylation is 1. The van der Waals surface area contributed by atoms with Gasteiger partial charge in [-0.15, -0.1) is 0 Å². The maximum Gasteiger partial charge on any atom is 0.148 e. The highest BCUT2D eigenvalue weighted by Crippen LogP contribution is 2.12. The largest absolute Gasteiger partial charge is 0.363 e. The van der Waals surface area contributed by atoms with Gasteiger partial charge in [0, 0.05) is 31.0 Å². The second kappa shape index (κ2) is 5.71. The molecule has 5 nitrogen and oxygen atoms in total. The van der Waals surface area contributed by atoms with Gasteiger partial charge in [0.1, 0.15) is 5.82 Å². The Morgan fingerprint density at radius 3 is 2.72 bits per heavy atom. The molecule has 0 fully saturated rings. The van der Waals surface area contributed by atoms with Crippen molar-refractivity contribution in [2.24, 2.45) is 0 Å². The number of anilines is 1. The quantitative estimate of drug-likeness (QED) is 0.853. The molecule has 2 heterocycles. The SMILES string of the molecule is CCC(C)n1ccc(NCc2ccn(CC)n2)n1.